The number of amides is 1. The minimum atomic E-state index is -0.590. The molecular weight excluding hydrogens is 322 g/mol. The fourth-order valence-corrected chi connectivity index (χ4v) is 2.72. The van der Waals surface area contributed by atoms with E-state index in [9.17, 15) is 14.7 Å². The Morgan fingerprint density at radius 2 is 2.16 bits per heavy atom. The number of aromatic nitrogens is 3. The van der Waals surface area contributed by atoms with Gasteiger partial charge in [-0.05, 0) is 24.1 Å². The Kier molecular flexibility index (Phi) is 4.80. The third-order valence-electron chi connectivity index (χ3n) is 3.94. The number of nitrogens with two attached hydrogens (primary N) is 1. The van der Waals surface area contributed by atoms with Gasteiger partial charge >= 0.3 is 5.69 Å². The predicted molar refractivity (Wildman–Crippen MR) is 93.9 cm³/mol. The van der Waals surface area contributed by atoms with Crippen molar-refractivity contribution in [2.75, 3.05) is 12.3 Å². The molecule has 25 heavy (non-hydrogen) atoms. The summed E-state index contributed by atoms with van der Waals surface area (Å²) in [6.45, 7) is -0.392. The van der Waals surface area contributed by atoms with Crippen LogP contribution in [0.4, 0.5) is 5.82 Å². The molecule has 8 heteroatoms. The van der Waals surface area contributed by atoms with Gasteiger partial charge in [-0.25, -0.2) is 4.79 Å². The molecule has 0 radical (unpaired) electrons. The zero-order valence-corrected chi connectivity index (χ0v) is 13.5. The number of nitrogen functional groups attached to an aromatic ring is 1. The van der Waals surface area contributed by atoms with Crippen molar-refractivity contribution < 1.29 is 9.90 Å². The van der Waals surface area contributed by atoms with E-state index in [1.54, 1.807) is 0 Å². The number of fused-ring (bicyclic) bond motifs is 1. The number of anilines is 1. The number of para-hydroxylation sites is 1. The van der Waals surface area contributed by atoms with Crippen LogP contribution in [0, 0.1) is 0 Å². The Balaban J connectivity index is 1.67. The Morgan fingerprint density at radius 3 is 2.92 bits per heavy atom. The number of H-pyrrole nitrogens is 1. The van der Waals surface area contributed by atoms with Crippen molar-refractivity contribution in [2.24, 2.45) is 0 Å². The summed E-state index contributed by atoms with van der Waals surface area (Å²) in [7, 11) is 0. The molecule has 0 unspecified atom stereocenters. The lowest BCUT2D eigenvalue weighted by Gasteiger charge is -2.16. The van der Waals surface area contributed by atoms with Crippen LogP contribution in [0.25, 0.3) is 10.9 Å². The van der Waals surface area contributed by atoms with E-state index in [0.717, 1.165) is 21.0 Å². The monoisotopic (exact) mass is 341 g/mol. The summed E-state index contributed by atoms with van der Waals surface area (Å²) in [5.74, 6) is -0.276. The van der Waals surface area contributed by atoms with Crippen LogP contribution in [0.2, 0.25) is 0 Å². The summed E-state index contributed by atoms with van der Waals surface area (Å²) < 4.78 is 1.16. The van der Waals surface area contributed by atoms with Gasteiger partial charge in [-0.15, -0.1) is 0 Å². The molecule has 0 aliphatic heterocycles. The highest BCUT2D eigenvalue weighted by Crippen LogP contribution is 2.19. The standard InChI is InChI=1S/C17H19N5O3/c18-15-5-6-22(17(25)21-15)9-16(24)20-12(10-23)7-11-8-19-14-4-2-1-3-13(11)14/h1-6,8,12,19,23H,7,9-10H2,(H,20,24)(H2,18,21,25)/t12-/m0/s1. The lowest BCUT2D eigenvalue weighted by molar-refractivity contribution is -0.122. The smallest absolute Gasteiger partial charge is 0.349 e. The molecule has 0 aliphatic carbocycles. The Labute approximate surface area is 143 Å². The van der Waals surface area contributed by atoms with Gasteiger partial charge in [0.25, 0.3) is 0 Å². The first-order valence-corrected chi connectivity index (χ1v) is 7.85. The molecular formula is C17H19N5O3. The number of aliphatic hydroxyl groups is 1. The number of hydrogen-bond donors (Lipinski definition) is 4. The Bertz CT molecular complexity index is 947. The molecule has 0 bridgehead atoms. The number of rotatable bonds is 6. The fraction of sp³-hybridized carbons (Fsp3) is 0.235. The first-order chi connectivity index (χ1) is 12.1. The van der Waals surface area contributed by atoms with E-state index in [0.29, 0.717) is 6.42 Å². The van der Waals surface area contributed by atoms with Crippen molar-refractivity contribution in [3.63, 3.8) is 0 Å². The quantitative estimate of drug-likeness (QED) is 0.503. The maximum atomic E-state index is 12.2. The second-order valence-electron chi connectivity index (χ2n) is 5.77. The highest BCUT2D eigenvalue weighted by atomic mass is 16.3. The van der Waals surface area contributed by atoms with E-state index < -0.39 is 11.7 Å². The average molecular weight is 341 g/mol. The molecule has 2 aromatic heterocycles. The second-order valence-corrected chi connectivity index (χ2v) is 5.77. The molecule has 3 rings (SSSR count). The first kappa shape index (κ1) is 16.7. The third-order valence-corrected chi connectivity index (χ3v) is 3.94. The molecule has 1 amide bonds. The topological polar surface area (TPSA) is 126 Å². The van der Waals surface area contributed by atoms with E-state index in [2.05, 4.69) is 15.3 Å². The van der Waals surface area contributed by atoms with Crippen LogP contribution in [-0.2, 0) is 17.8 Å². The summed E-state index contributed by atoms with van der Waals surface area (Å²) >= 11 is 0. The maximum Gasteiger partial charge on any atom is 0.349 e. The third kappa shape index (κ3) is 3.86. The molecule has 0 fully saturated rings. The molecule has 0 saturated carbocycles. The number of carbonyl (C=O) groups is 1. The molecule has 0 aliphatic rings. The average Bonchev–Trinajstić information content (AvgIpc) is 3.00. The van der Waals surface area contributed by atoms with Crippen LogP contribution in [0.3, 0.4) is 0 Å². The van der Waals surface area contributed by atoms with Crippen molar-refractivity contribution in [1.82, 2.24) is 19.9 Å². The van der Waals surface area contributed by atoms with Crippen LogP contribution in [0.1, 0.15) is 5.56 Å². The van der Waals surface area contributed by atoms with Gasteiger partial charge in [0.1, 0.15) is 12.4 Å². The van der Waals surface area contributed by atoms with Crippen LogP contribution in [0.15, 0.2) is 47.5 Å². The minimum Gasteiger partial charge on any atom is -0.394 e. The van der Waals surface area contributed by atoms with Gasteiger partial charge in [0.05, 0.1) is 12.6 Å². The number of nitrogens with one attached hydrogen (secondary N) is 2. The fourth-order valence-electron chi connectivity index (χ4n) is 2.72. The summed E-state index contributed by atoms with van der Waals surface area (Å²) in [5.41, 5.74) is 6.83. The zero-order valence-electron chi connectivity index (χ0n) is 13.5. The van der Waals surface area contributed by atoms with E-state index in [1.807, 2.05) is 30.5 Å². The van der Waals surface area contributed by atoms with Crippen LogP contribution in [-0.4, -0.2) is 38.2 Å². The molecule has 0 spiro atoms. The molecule has 1 atom stereocenters. The highest BCUT2D eigenvalue weighted by Gasteiger charge is 2.15. The largest absolute Gasteiger partial charge is 0.394 e. The van der Waals surface area contributed by atoms with Gasteiger partial charge in [0.2, 0.25) is 5.91 Å². The summed E-state index contributed by atoms with van der Waals surface area (Å²) in [4.78, 5) is 30.6. The molecule has 3 aromatic rings. The van der Waals surface area contributed by atoms with Gasteiger partial charge in [-0.2, -0.15) is 4.98 Å². The summed E-state index contributed by atoms with van der Waals surface area (Å²) in [6, 6.07) is 8.82. The van der Waals surface area contributed by atoms with E-state index in [4.69, 9.17) is 5.73 Å². The highest BCUT2D eigenvalue weighted by molar-refractivity contribution is 5.83. The number of nitrogens with zero attached hydrogens (tertiary/aromatic N) is 2. The van der Waals surface area contributed by atoms with Crippen LogP contribution >= 0.6 is 0 Å². The van der Waals surface area contributed by atoms with Gasteiger partial charge in [-0.3, -0.25) is 9.36 Å². The van der Waals surface area contributed by atoms with Crippen molar-refractivity contribution >= 4 is 22.6 Å². The van der Waals surface area contributed by atoms with Gasteiger partial charge in [0.15, 0.2) is 0 Å². The SMILES string of the molecule is Nc1ccn(CC(=O)N[C@H](CO)Cc2c[nH]c3ccccc23)c(=O)n1. The Morgan fingerprint density at radius 1 is 1.36 bits per heavy atom. The second kappa shape index (κ2) is 7.18. The van der Waals surface area contributed by atoms with Crippen molar-refractivity contribution in [3.05, 3.63) is 58.8 Å². The van der Waals surface area contributed by atoms with Gasteiger partial charge < -0.3 is 21.1 Å². The van der Waals surface area contributed by atoms with Crippen molar-refractivity contribution in [1.29, 1.82) is 0 Å². The van der Waals surface area contributed by atoms with Crippen molar-refractivity contribution in [2.45, 2.75) is 19.0 Å². The molecule has 2 heterocycles. The Hall–Kier alpha value is -3.13. The zero-order chi connectivity index (χ0) is 17.8. The number of benzene rings is 1. The molecule has 130 valence electrons. The van der Waals surface area contributed by atoms with E-state index >= 15 is 0 Å². The van der Waals surface area contributed by atoms with Gasteiger partial charge in [0, 0.05) is 23.3 Å². The molecule has 1 aromatic carbocycles. The predicted octanol–water partition coefficient (Wildman–Crippen LogP) is 0.0266. The summed E-state index contributed by atoms with van der Waals surface area (Å²) in [6.07, 6.45) is 3.76. The number of aromatic amines is 1. The van der Waals surface area contributed by atoms with Crippen LogP contribution < -0.4 is 16.7 Å². The molecule has 8 nitrogen and oxygen atoms in total. The lowest BCUT2D eigenvalue weighted by atomic mass is 10.1. The van der Waals surface area contributed by atoms with E-state index in [-0.39, 0.29) is 24.9 Å². The summed E-state index contributed by atoms with van der Waals surface area (Å²) in [5, 5.41) is 13.4. The van der Waals surface area contributed by atoms with E-state index in [1.165, 1.54) is 12.3 Å². The number of carbonyl (C=O) groups excluding carboxylic acids is 1. The normalized spacial score (nSPS) is 12.2. The molecule has 0 saturated heterocycles. The number of hydrogen-bond acceptors (Lipinski definition) is 5. The van der Waals surface area contributed by atoms with Crippen LogP contribution in [0.5, 0.6) is 0 Å². The number of aliphatic hydroxyl groups excluding tert-OH is 1. The van der Waals surface area contributed by atoms with Gasteiger partial charge in [-0.1, -0.05) is 18.2 Å². The maximum absolute atomic E-state index is 12.2. The lowest BCUT2D eigenvalue weighted by Crippen LogP contribution is -2.42. The van der Waals surface area contributed by atoms with Crippen molar-refractivity contribution in [3.8, 4) is 0 Å². The minimum absolute atomic E-state index is 0.106. The first-order valence-electron chi connectivity index (χ1n) is 7.85. The molecule has 5 N–H and O–H groups in total.